The molecule has 0 spiro atoms. The van der Waals surface area contributed by atoms with Crippen molar-refractivity contribution in [2.45, 2.75) is 51.0 Å². The Bertz CT molecular complexity index is 258. The lowest BCUT2D eigenvalue weighted by atomic mass is 9.74. The van der Waals surface area contributed by atoms with Crippen LogP contribution in [0.3, 0.4) is 0 Å². The summed E-state index contributed by atoms with van der Waals surface area (Å²) in [6, 6.07) is 0.436. The lowest BCUT2D eigenvalue weighted by Crippen LogP contribution is -2.43. The van der Waals surface area contributed by atoms with E-state index in [4.69, 9.17) is 0 Å². The monoisotopic (exact) mass is 240 g/mol. The Morgan fingerprint density at radius 3 is 2.53 bits per heavy atom. The summed E-state index contributed by atoms with van der Waals surface area (Å²) in [4.78, 5) is 11.5. The molecule has 2 aliphatic rings. The Morgan fingerprint density at radius 1 is 1.24 bits per heavy atom. The van der Waals surface area contributed by atoms with E-state index in [9.17, 15) is 9.90 Å². The van der Waals surface area contributed by atoms with Crippen LogP contribution in [0.1, 0.15) is 44.9 Å². The lowest BCUT2D eigenvalue weighted by molar-refractivity contribution is -0.120. The van der Waals surface area contributed by atoms with Crippen LogP contribution >= 0.6 is 0 Å². The molecule has 2 saturated carbocycles. The fourth-order valence-electron chi connectivity index (χ4n) is 2.64. The second-order valence-corrected chi connectivity index (χ2v) is 5.66. The van der Waals surface area contributed by atoms with Gasteiger partial charge in [0.15, 0.2) is 0 Å². The third-order valence-corrected chi connectivity index (χ3v) is 3.98. The molecule has 2 rings (SSSR count). The number of rotatable bonds is 6. The molecule has 0 aromatic rings. The summed E-state index contributed by atoms with van der Waals surface area (Å²) in [7, 11) is 0. The Kier molecular flexibility index (Phi) is 4.40. The first-order valence-corrected chi connectivity index (χ1v) is 6.85. The zero-order valence-corrected chi connectivity index (χ0v) is 10.5. The van der Waals surface area contributed by atoms with Gasteiger partial charge in [-0.15, -0.1) is 0 Å². The van der Waals surface area contributed by atoms with E-state index in [2.05, 4.69) is 10.6 Å². The van der Waals surface area contributed by atoms with Gasteiger partial charge in [-0.2, -0.15) is 0 Å². The van der Waals surface area contributed by atoms with Crippen LogP contribution in [0.2, 0.25) is 0 Å². The van der Waals surface area contributed by atoms with Gasteiger partial charge in [-0.05, 0) is 25.7 Å². The van der Waals surface area contributed by atoms with Crippen molar-refractivity contribution in [3.63, 3.8) is 0 Å². The number of nitrogens with one attached hydrogen (secondary N) is 2. The summed E-state index contributed by atoms with van der Waals surface area (Å²) < 4.78 is 0. The molecule has 0 bridgehead atoms. The zero-order valence-electron chi connectivity index (χ0n) is 10.5. The number of carbonyl (C=O) groups is 1. The van der Waals surface area contributed by atoms with Crippen molar-refractivity contribution in [3.05, 3.63) is 0 Å². The number of amides is 1. The van der Waals surface area contributed by atoms with Gasteiger partial charge < -0.3 is 15.7 Å². The first-order valence-electron chi connectivity index (χ1n) is 6.85. The van der Waals surface area contributed by atoms with E-state index >= 15 is 0 Å². The van der Waals surface area contributed by atoms with Gasteiger partial charge in [-0.1, -0.05) is 19.3 Å². The normalized spacial score (nSPS) is 23.4. The van der Waals surface area contributed by atoms with Crippen molar-refractivity contribution in [2.24, 2.45) is 5.41 Å². The quantitative estimate of drug-likeness (QED) is 0.643. The van der Waals surface area contributed by atoms with Gasteiger partial charge in [0.2, 0.25) is 5.91 Å². The molecule has 0 aliphatic heterocycles. The zero-order chi connectivity index (χ0) is 12.1. The number of aliphatic hydroxyl groups excluding tert-OH is 1. The molecule has 0 aromatic heterocycles. The smallest absolute Gasteiger partial charge is 0.234 e. The summed E-state index contributed by atoms with van der Waals surface area (Å²) in [6.07, 6.45) is 8.12. The van der Waals surface area contributed by atoms with Crippen molar-refractivity contribution in [1.29, 1.82) is 0 Å². The van der Waals surface area contributed by atoms with E-state index in [0.717, 1.165) is 32.2 Å². The second-order valence-electron chi connectivity index (χ2n) is 5.66. The van der Waals surface area contributed by atoms with Crippen molar-refractivity contribution in [2.75, 3.05) is 19.7 Å². The van der Waals surface area contributed by atoms with Gasteiger partial charge in [-0.3, -0.25) is 4.79 Å². The Hall–Kier alpha value is -0.610. The maximum atomic E-state index is 11.5. The molecule has 0 heterocycles. The minimum absolute atomic E-state index is 0.0259. The lowest BCUT2D eigenvalue weighted by Gasteiger charge is -2.35. The minimum Gasteiger partial charge on any atom is -0.396 e. The minimum atomic E-state index is 0.0259. The highest BCUT2D eigenvalue weighted by molar-refractivity contribution is 5.78. The van der Waals surface area contributed by atoms with E-state index < -0.39 is 0 Å². The summed E-state index contributed by atoms with van der Waals surface area (Å²) >= 11 is 0. The molecule has 0 saturated heterocycles. The van der Waals surface area contributed by atoms with E-state index in [1.165, 1.54) is 19.3 Å². The van der Waals surface area contributed by atoms with Crippen molar-refractivity contribution in [3.8, 4) is 0 Å². The molecule has 0 unspecified atom stereocenters. The molecule has 4 nitrogen and oxygen atoms in total. The Morgan fingerprint density at radius 2 is 1.94 bits per heavy atom. The Labute approximate surface area is 103 Å². The highest BCUT2D eigenvalue weighted by Gasteiger charge is 2.31. The third-order valence-electron chi connectivity index (χ3n) is 3.98. The van der Waals surface area contributed by atoms with Gasteiger partial charge in [-0.25, -0.2) is 0 Å². The Balaban J connectivity index is 1.66. The molecular formula is C13H24N2O2. The number of carbonyl (C=O) groups excluding carboxylic acids is 1. The van der Waals surface area contributed by atoms with Crippen LogP contribution in [0.5, 0.6) is 0 Å². The van der Waals surface area contributed by atoms with E-state index in [1.807, 2.05) is 0 Å². The van der Waals surface area contributed by atoms with Crippen LogP contribution in [0.25, 0.3) is 0 Å². The highest BCUT2D eigenvalue weighted by Crippen LogP contribution is 2.35. The van der Waals surface area contributed by atoms with E-state index in [1.54, 1.807) is 0 Å². The predicted molar refractivity (Wildman–Crippen MR) is 66.6 cm³/mol. The first-order chi connectivity index (χ1) is 8.24. The van der Waals surface area contributed by atoms with Crippen LogP contribution in [-0.2, 0) is 4.79 Å². The molecule has 2 fully saturated rings. The van der Waals surface area contributed by atoms with Crippen LogP contribution in [0, 0.1) is 5.41 Å². The molecule has 98 valence electrons. The van der Waals surface area contributed by atoms with Gasteiger partial charge in [0.25, 0.3) is 0 Å². The largest absolute Gasteiger partial charge is 0.396 e. The average molecular weight is 240 g/mol. The summed E-state index contributed by atoms with van der Waals surface area (Å²) in [5.41, 5.74) is 0.0259. The summed E-state index contributed by atoms with van der Waals surface area (Å²) in [5, 5.41) is 15.7. The number of hydrogen-bond donors (Lipinski definition) is 3. The highest BCUT2D eigenvalue weighted by atomic mass is 16.3. The molecule has 0 aromatic carbocycles. The van der Waals surface area contributed by atoms with Gasteiger partial charge in [0.1, 0.15) is 0 Å². The van der Waals surface area contributed by atoms with E-state index in [-0.39, 0.29) is 17.9 Å². The fraction of sp³-hybridized carbons (Fsp3) is 0.923. The average Bonchev–Trinajstić information content (AvgIpc) is 3.14. The molecule has 0 radical (unpaired) electrons. The molecule has 0 atom stereocenters. The summed E-state index contributed by atoms with van der Waals surface area (Å²) in [6.45, 7) is 1.39. The molecule has 4 heteroatoms. The fourth-order valence-corrected chi connectivity index (χ4v) is 2.64. The molecule has 2 aliphatic carbocycles. The van der Waals surface area contributed by atoms with Gasteiger partial charge >= 0.3 is 0 Å². The van der Waals surface area contributed by atoms with Crippen LogP contribution < -0.4 is 10.6 Å². The number of hydrogen-bond acceptors (Lipinski definition) is 3. The van der Waals surface area contributed by atoms with Crippen LogP contribution in [0.15, 0.2) is 0 Å². The van der Waals surface area contributed by atoms with Gasteiger partial charge in [0, 0.05) is 24.6 Å². The predicted octanol–water partition coefficient (Wildman–Crippen LogP) is 0.797. The van der Waals surface area contributed by atoms with Crippen molar-refractivity contribution < 1.29 is 9.90 Å². The first kappa shape index (κ1) is 12.8. The van der Waals surface area contributed by atoms with Crippen molar-refractivity contribution in [1.82, 2.24) is 10.6 Å². The topological polar surface area (TPSA) is 61.4 Å². The standard InChI is InChI=1S/C13H24N2O2/c16-10-13(6-2-1-3-7-13)9-14-8-12(17)15-11-4-5-11/h11,14,16H,1-10H2,(H,15,17). The van der Waals surface area contributed by atoms with E-state index in [0.29, 0.717) is 12.6 Å². The van der Waals surface area contributed by atoms with Crippen LogP contribution in [0.4, 0.5) is 0 Å². The molecule has 17 heavy (non-hydrogen) atoms. The van der Waals surface area contributed by atoms with Crippen molar-refractivity contribution >= 4 is 5.91 Å². The SMILES string of the molecule is O=C(CNCC1(CO)CCCCC1)NC1CC1. The molecule has 3 N–H and O–H groups in total. The molecule has 1 amide bonds. The third kappa shape index (κ3) is 3.96. The second kappa shape index (κ2) is 5.83. The maximum Gasteiger partial charge on any atom is 0.234 e. The number of aliphatic hydroxyl groups is 1. The maximum absolute atomic E-state index is 11.5. The van der Waals surface area contributed by atoms with Crippen LogP contribution in [-0.4, -0.2) is 36.8 Å². The molecular weight excluding hydrogens is 216 g/mol. The summed E-state index contributed by atoms with van der Waals surface area (Å²) in [5.74, 6) is 0.0939. The van der Waals surface area contributed by atoms with Gasteiger partial charge in [0.05, 0.1) is 6.54 Å².